The van der Waals surface area contributed by atoms with E-state index in [1.807, 2.05) is 47.3 Å². The fourth-order valence-electron chi connectivity index (χ4n) is 3.00. The highest BCUT2D eigenvalue weighted by Gasteiger charge is 2.27. The summed E-state index contributed by atoms with van der Waals surface area (Å²) in [5, 5.41) is 0.702. The summed E-state index contributed by atoms with van der Waals surface area (Å²) in [6, 6.07) is 16.2. The van der Waals surface area contributed by atoms with Crippen molar-refractivity contribution in [2.45, 2.75) is 6.23 Å². The molecule has 1 saturated heterocycles. The van der Waals surface area contributed by atoms with Crippen LogP contribution in [0, 0.1) is 5.82 Å². The Morgan fingerprint density at radius 1 is 1.04 bits per heavy atom. The average Bonchev–Trinajstić information content (AvgIpc) is 3.24. The molecule has 0 aliphatic carbocycles. The van der Waals surface area contributed by atoms with Crippen molar-refractivity contribution in [2.75, 3.05) is 18.1 Å². The molecule has 5 heteroatoms. The Labute approximate surface area is 144 Å². The van der Waals surface area contributed by atoms with Gasteiger partial charge in [0.15, 0.2) is 6.23 Å². The van der Waals surface area contributed by atoms with Crippen molar-refractivity contribution in [3.05, 3.63) is 83.4 Å². The molecule has 24 heavy (non-hydrogen) atoms. The maximum atomic E-state index is 13.2. The van der Waals surface area contributed by atoms with Gasteiger partial charge in [0.1, 0.15) is 5.82 Å². The van der Waals surface area contributed by atoms with E-state index in [-0.39, 0.29) is 12.0 Å². The van der Waals surface area contributed by atoms with Crippen molar-refractivity contribution in [1.82, 2.24) is 4.57 Å². The van der Waals surface area contributed by atoms with E-state index in [1.165, 1.54) is 12.1 Å². The monoisotopic (exact) mass is 342 g/mol. The zero-order valence-corrected chi connectivity index (χ0v) is 13.7. The number of hydrogen-bond donors (Lipinski definition) is 0. The number of aromatic nitrogens is 1. The smallest absolute Gasteiger partial charge is 0.158 e. The molecule has 3 nitrogen and oxygen atoms in total. The van der Waals surface area contributed by atoms with Crippen LogP contribution in [0.1, 0.15) is 11.8 Å². The molecule has 0 saturated carbocycles. The maximum absolute atomic E-state index is 13.2. The van der Waals surface area contributed by atoms with Gasteiger partial charge in [-0.25, -0.2) is 4.39 Å². The molecule has 1 fully saturated rings. The molecular formula is C19H16ClFN2O. The van der Waals surface area contributed by atoms with E-state index in [2.05, 4.69) is 4.90 Å². The van der Waals surface area contributed by atoms with Crippen LogP contribution >= 0.6 is 11.6 Å². The van der Waals surface area contributed by atoms with E-state index in [0.717, 1.165) is 23.5 Å². The van der Waals surface area contributed by atoms with Gasteiger partial charge >= 0.3 is 0 Å². The van der Waals surface area contributed by atoms with Crippen molar-refractivity contribution in [3.8, 4) is 5.69 Å². The summed E-state index contributed by atoms with van der Waals surface area (Å²) in [5.41, 5.74) is 3.01. The lowest BCUT2D eigenvalue weighted by atomic mass is 10.2. The summed E-state index contributed by atoms with van der Waals surface area (Å²) in [4.78, 5) is 2.14. The largest absolute Gasteiger partial charge is 0.352 e. The number of nitrogens with zero attached hydrogens (tertiary/aromatic N) is 2. The van der Waals surface area contributed by atoms with Gasteiger partial charge in [0.05, 0.1) is 6.61 Å². The summed E-state index contributed by atoms with van der Waals surface area (Å²) < 4.78 is 21.1. The van der Waals surface area contributed by atoms with Crippen LogP contribution in [0.2, 0.25) is 5.02 Å². The third-order valence-electron chi connectivity index (χ3n) is 4.16. The highest BCUT2D eigenvalue weighted by Crippen LogP contribution is 2.32. The van der Waals surface area contributed by atoms with Crippen LogP contribution in [0.5, 0.6) is 0 Å². The molecule has 1 aromatic heterocycles. The molecule has 122 valence electrons. The molecule has 1 aliphatic heterocycles. The van der Waals surface area contributed by atoms with E-state index >= 15 is 0 Å². The van der Waals surface area contributed by atoms with E-state index in [4.69, 9.17) is 16.3 Å². The Bertz CT molecular complexity index is 847. The first-order chi connectivity index (χ1) is 11.7. The predicted octanol–water partition coefficient (Wildman–Crippen LogP) is 4.81. The summed E-state index contributed by atoms with van der Waals surface area (Å²) in [5.74, 6) is -0.234. The van der Waals surface area contributed by atoms with Crippen LogP contribution in [0.25, 0.3) is 5.69 Å². The van der Waals surface area contributed by atoms with Crippen LogP contribution in [0.3, 0.4) is 0 Å². The summed E-state index contributed by atoms with van der Waals surface area (Å²) in [7, 11) is 0. The first kappa shape index (κ1) is 15.2. The van der Waals surface area contributed by atoms with E-state index < -0.39 is 0 Å². The predicted molar refractivity (Wildman–Crippen MR) is 93.2 cm³/mol. The van der Waals surface area contributed by atoms with Gasteiger partial charge in [-0.2, -0.15) is 0 Å². The van der Waals surface area contributed by atoms with Crippen LogP contribution in [0.15, 0.2) is 67.0 Å². The molecule has 0 amide bonds. The second kappa shape index (κ2) is 6.30. The molecule has 3 aromatic rings. The first-order valence-corrected chi connectivity index (χ1v) is 8.16. The number of hydrogen-bond acceptors (Lipinski definition) is 2. The summed E-state index contributed by atoms with van der Waals surface area (Å²) in [6.07, 6.45) is 3.86. The Hall–Kier alpha value is -2.30. The summed E-state index contributed by atoms with van der Waals surface area (Å²) in [6.45, 7) is 1.42. The fraction of sp³-hybridized carbons (Fsp3) is 0.158. The van der Waals surface area contributed by atoms with Gasteiger partial charge in [-0.15, -0.1) is 0 Å². The molecule has 0 spiro atoms. The molecule has 0 radical (unpaired) electrons. The second-order valence-electron chi connectivity index (χ2n) is 5.72. The zero-order chi connectivity index (χ0) is 16.5. The van der Waals surface area contributed by atoms with Gasteiger partial charge in [-0.05, 0) is 48.5 Å². The van der Waals surface area contributed by atoms with Gasteiger partial charge < -0.3 is 14.2 Å². The van der Waals surface area contributed by atoms with Crippen molar-refractivity contribution >= 4 is 17.3 Å². The van der Waals surface area contributed by atoms with Gasteiger partial charge in [0.2, 0.25) is 0 Å². The average molecular weight is 343 g/mol. The number of benzene rings is 2. The molecular weight excluding hydrogens is 327 g/mol. The maximum Gasteiger partial charge on any atom is 0.158 e. The van der Waals surface area contributed by atoms with Gasteiger partial charge in [0.25, 0.3) is 0 Å². The fourth-order valence-corrected chi connectivity index (χ4v) is 3.18. The number of anilines is 1. The molecule has 0 N–H and O–H groups in total. The molecule has 0 bridgehead atoms. The Kier molecular flexibility index (Phi) is 4.00. The Morgan fingerprint density at radius 2 is 1.88 bits per heavy atom. The van der Waals surface area contributed by atoms with E-state index in [9.17, 15) is 4.39 Å². The minimum absolute atomic E-state index is 0.170. The molecule has 2 heterocycles. The van der Waals surface area contributed by atoms with Gasteiger partial charge in [0, 0.05) is 40.9 Å². The molecule has 1 unspecified atom stereocenters. The topological polar surface area (TPSA) is 17.4 Å². The van der Waals surface area contributed by atoms with E-state index in [0.29, 0.717) is 11.6 Å². The highest BCUT2D eigenvalue weighted by molar-refractivity contribution is 6.30. The number of ether oxygens (including phenoxy) is 1. The van der Waals surface area contributed by atoms with Crippen LogP contribution < -0.4 is 4.90 Å². The van der Waals surface area contributed by atoms with Crippen LogP contribution in [0.4, 0.5) is 10.1 Å². The van der Waals surface area contributed by atoms with Gasteiger partial charge in [-0.3, -0.25) is 0 Å². The lowest BCUT2D eigenvalue weighted by Crippen LogP contribution is -2.22. The lowest BCUT2D eigenvalue weighted by molar-refractivity contribution is 0.114. The van der Waals surface area contributed by atoms with Crippen molar-refractivity contribution in [2.24, 2.45) is 0 Å². The SMILES string of the molecule is Fc1ccc(N2CCOC2c2ccn(-c3cccc(Cl)c3)c2)cc1. The van der Waals surface area contributed by atoms with Crippen molar-refractivity contribution in [3.63, 3.8) is 0 Å². The molecule has 1 atom stereocenters. The minimum atomic E-state index is -0.234. The quantitative estimate of drug-likeness (QED) is 0.680. The highest BCUT2D eigenvalue weighted by atomic mass is 35.5. The first-order valence-electron chi connectivity index (χ1n) is 7.78. The number of rotatable bonds is 3. The van der Waals surface area contributed by atoms with Crippen LogP contribution in [-0.2, 0) is 4.74 Å². The van der Waals surface area contributed by atoms with Crippen molar-refractivity contribution in [1.29, 1.82) is 0 Å². The third kappa shape index (κ3) is 2.90. The Balaban J connectivity index is 1.62. The van der Waals surface area contributed by atoms with E-state index in [1.54, 1.807) is 12.1 Å². The summed E-state index contributed by atoms with van der Waals surface area (Å²) >= 11 is 6.07. The minimum Gasteiger partial charge on any atom is -0.352 e. The zero-order valence-electron chi connectivity index (χ0n) is 12.9. The lowest BCUT2D eigenvalue weighted by Gasteiger charge is -2.24. The van der Waals surface area contributed by atoms with Gasteiger partial charge in [-0.1, -0.05) is 17.7 Å². The molecule has 1 aliphatic rings. The normalized spacial score (nSPS) is 17.4. The number of halogens is 2. The Morgan fingerprint density at radius 3 is 2.67 bits per heavy atom. The van der Waals surface area contributed by atoms with Crippen LogP contribution in [-0.4, -0.2) is 17.7 Å². The second-order valence-corrected chi connectivity index (χ2v) is 6.16. The van der Waals surface area contributed by atoms with Crippen molar-refractivity contribution < 1.29 is 9.13 Å². The molecule has 4 rings (SSSR count). The molecule has 2 aromatic carbocycles. The standard InChI is InChI=1S/C19H16ClFN2O/c20-15-2-1-3-18(12-15)22-9-8-14(13-22)19-23(10-11-24-19)17-6-4-16(21)5-7-17/h1-9,12-13,19H,10-11H2. The third-order valence-corrected chi connectivity index (χ3v) is 4.39.